The molecule has 0 saturated heterocycles. The minimum Gasteiger partial charge on any atom is -0.481 e. The Kier molecular flexibility index (Phi) is 54.1. The minimum atomic E-state index is -0.687. The van der Waals surface area contributed by atoms with E-state index >= 15 is 0 Å². The van der Waals surface area contributed by atoms with E-state index in [0.717, 1.165) is 68.1 Å². The van der Waals surface area contributed by atoms with Gasteiger partial charge in [-0.15, -0.1) is 0 Å². The van der Waals surface area contributed by atoms with Crippen LogP contribution >= 0.6 is 43.2 Å². The number of carbonyl (C=O) groups is 2. The van der Waals surface area contributed by atoms with E-state index in [1.165, 1.54) is 89.9 Å². The first-order valence-electron chi connectivity index (χ1n) is 19.7. The quantitative estimate of drug-likeness (QED) is 0.0298. The number of carboxylic acids is 1. The lowest BCUT2D eigenvalue weighted by atomic mass is 10.1. The Labute approximate surface area is 321 Å². The van der Waals surface area contributed by atoms with Gasteiger partial charge in [-0.25, -0.2) is 0 Å². The van der Waals surface area contributed by atoms with Gasteiger partial charge in [-0.2, -0.15) is 0 Å². The Bertz CT molecular complexity index is 708. The SMILES string of the molecule is CCC.CCCCCCC/C=C\CCSSCCCC(=O)OCCCCN(C)C.CCCCCCCC/C=C\CCSSCCCC(=O)O. The third-order valence-corrected chi connectivity index (χ3v) is 12.0. The maximum atomic E-state index is 11.6. The molecule has 0 unspecified atom stereocenters. The van der Waals surface area contributed by atoms with E-state index in [-0.39, 0.29) is 5.97 Å². The summed E-state index contributed by atoms with van der Waals surface area (Å²) < 4.78 is 5.25. The molecule has 0 atom stereocenters. The van der Waals surface area contributed by atoms with Crippen molar-refractivity contribution in [3.05, 3.63) is 24.3 Å². The minimum absolute atomic E-state index is 0.0395. The number of rotatable bonds is 34. The van der Waals surface area contributed by atoms with Gasteiger partial charge in [-0.1, -0.05) is 159 Å². The summed E-state index contributed by atoms with van der Waals surface area (Å²) in [4.78, 5) is 24.1. The number of allylic oxidation sites excluding steroid dienone is 4. The number of hydrogen-bond acceptors (Lipinski definition) is 8. The molecular formula is C40H79NO4S4. The summed E-state index contributed by atoms with van der Waals surface area (Å²) in [6.07, 6.45) is 34.9. The highest BCUT2D eigenvalue weighted by Gasteiger charge is 2.03. The maximum absolute atomic E-state index is 11.6. The fourth-order valence-electron chi connectivity index (χ4n) is 4.19. The van der Waals surface area contributed by atoms with Crippen LogP contribution in [0.25, 0.3) is 0 Å². The summed E-state index contributed by atoms with van der Waals surface area (Å²) in [5.41, 5.74) is 0. The molecule has 292 valence electrons. The van der Waals surface area contributed by atoms with E-state index in [9.17, 15) is 9.59 Å². The Hall–Kier alpha value is -0.220. The van der Waals surface area contributed by atoms with Crippen molar-refractivity contribution in [1.29, 1.82) is 0 Å². The van der Waals surface area contributed by atoms with Crippen LogP contribution in [0, 0.1) is 0 Å². The van der Waals surface area contributed by atoms with Gasteiger partial charge < -0.3 is 14.7 Å². The van der Waals surface area contributed by atoms with Crippen molar-refractivity contribution >= 4 is 55.1 Å². The molecule has 0 aromatic heterocycles. The van der Waals surface area contributed by atoms with Gasteiger partial charge in [-0.3, -0.25) is 9.59 Å². The highest BCUT2D eigenvalue weighted by atomic mass is 33.1. The maximum Gasteiger partial charge on any atom is 0.305 e. The standard InChI is InChI=1S/C21H41NO2S2.C16H30O2S2.C3H8/c1-4-5-6-7-8-9-10-11-14-19-25-26-20-15-16-21(23)24-18-13-12-17-22(2)3;1-2-3-4-5-6-7-8-9-10-11-14-19-20-15-12-13-16(17)18;1-3-2/h10-11H,4-9,12-20H2,1-3H3;9-10H,2-8,11-15H2,1H3,(H,17,18);3H2,1-2H3/b11-10-;10-9-;. The first-order valence-corrected chi connectivity index (χ1v) is 24.6. The average molecular weight is 766 g/mol. The average Bonchev–Trinajstić information content (AvgIpc) is 3.07. The molecule has 0 aliphatic carbocycles. The number of hydrogen-bond donors (Lipinski definition) is 1. The third-order valence-electron chi connectivity index (χ3n) is 6.92. The largest absolute Gasteiger partial charge is 0.481 e. The predicted molar refractivity (Wildman–Crippen MR) is 230 cm³/mol. The monoisotopic (exact) mass is 765 g/mol. The van der Waals surface area contributed by atoms with Crippen LogP contribution in [0.2, 0.25) is 0 Å². The lowest BCUT2D eigenvalue weighted by molar-refractivity contribution is -0.143. The number of esters is 1. The predicted octanol–water partition coefficient (Wildman–Crippen LogP) is 13.7. The number of carbonyl (C=O) groups excluding carboxylic acids is 1. The molecule has 0 saturated carbocycles. The van der Waals surface area contributed by atoms with Crippen molar-refractivity contribution in [2.75, 3.05) is 50.3 Å². The zero-order valence-electron chi connectivity index (χ0n) is 32.9. The molecule has 0 aromatic rings. The summed E-state index contributed by atoms with van der Waals surface area (Å²) in [6, 6.07) is 0. The molecule has 0 heterocycles. The molecule has 0 aliphatic heterocycles. The summed E-state index contributed by atoms with van der Waals surface area (Å²) >= 11 is 0. The van der Waals surface area contributed by atoms with Crippen molar-refractivity contribution in [2.45, 2.75) is 169 Å². The Balaban J connectivity index is -0.000000821. The first-order chi connectivity index (χ1) is 23.8. The van der Waals surface area contributed by atoms with Gasteiger partial charge in [0.2, 0.25) is 0 Å². The van der Waals surface area contributed by atoms with Crippen LogP contribution in [0.5, 0.6) is 0 Å². The highest BCUT2D eigenvalue weighted by molar-refractivity contribution is 8.77. The number of carboxylic acid groups (broad SMARTS) is 1. The first kappa shape index (κ1) is 53.1. The van der Waals surface area contributed by atoms with Crippen LogP contribution in [-0.2, 0) is 14.3 Å². The van der Waals surface area contributed by atoms with Gasteiger partial charge in [-0.05, 0) is 84.8 Å². The molecule has 0 aromatic carbocycles. The molecule has 0 amide bonds. The lowest BCUT2D eigenvalue weighted by Gasteiger charge is -2.09. The van der Waals surface area contributed by atoms with Gasteiger partial charge in [0.25, 0.3) is 0 Å². The lowest BCUT2D eigenvalue weighted by Crippen LogP contribution is -2.14. The van der Waals surface area contributed by atoms with E-state index in [1.807, 2.05) is 32.4 Å². The van der Waals surface area contributed by atoms with Crippen molar-refractivity contribution < 1.29 is 19.4 Å². The number of nitrogens with zero attached hydrogens (tertiary/aromatic N) is 1. The zero-order valence-corrected chi connectivity index (χ0v) is 36.1. The molecule has 0 radical (unpaired) electrons. The fourth-order valence-corrected chi connectivity index (χ4v) is 8.35. The smallest absolute Gasteiger partial charge is 0.305 e. The molecule has 0 spiro atoms. The third kappa shape index (κ3) is 60.2. The van der Waals surface area contributed by atoms with Crippen molar-refractivity contribution in [1.82, 2.24) is 4.90 Å². The Morgan fingerprint density at radius 3 is 1.45 bits per heavy atom. The van der Waals surface area contributed by atoms with Crippen LogP contribution in [0.4, 0.5) is 0 Å². The molecule has 0 fully saturated rings. The molecule has 0 rings (SSSR count). The van der Waals surface area contributed by atoms with E-state index in [4.69, 9.17) is 9.84 Å². The fraction of sp³-hybridized carbons (Fsp3) is 0.850. The summed E-state index contributed by atoms with van der Waals surface area (Å²) in [6.45, 7) is 10.4. The second-order valence-electron chi connectivity index (χ2n) is 12.6. The number of unbranched alkanes of at least 4 members (excludes halogenated alkanes) is 12. The highest BCUT2D eigenvalue weighted by Crippen LogP contribution is 2.24. The number of aliphatic carboxylic acids is 1. The van der Waals surface area contributed by atoms with E-state index in [0.29, 0.717) is 19.4 Å². The van der Waals surface area contributed by atoms with Crippen molar-refractivity contribution in [3.63, 3.8) is 0 Å². The van der Waals surface area contributed by atoms with Crippen LogP contribution in [-0.4, -0.2) is 72.2 Å². The van der Waals surface area contributed by atoms with Crippen LogP contribution in [0.15, 0.2) is 24.3 Å². The summed E-state index contributed by atoms with van der Waals surface area (Å²) in [7, 11) is 11.6. The van der Waals surface area contributed by atoms with Crippen LogP contribution < -0.4 is 0 Å². The Morgan fingerprint density at radius 2 is 0.980 bits per heavy atom. The van der Waals surface area contributed by atoms with E-state index in [1.54, 1.807) is 10.8 Å². The molecule has 1 N–H and O–H groups in total. The normalized spacial score (nSPS) is 11.1. The van der Waals surface area contributed by atoms with Crippen LogP contribution in [0.3, 0.4) is 0 Å². The summed E-state index contributed by atoms with van der Waals surface area (Å²) in [5.74, 6) is 3.54. The molecule has 0 bridgehead atoms. The number of ether oxygens (including phenoxy) is 1. The van der Waals surface area contributed by atoms with Gasteiger partial charge in [0.15, 0.2) is 0 Å². The second-order valence-corrected chi connectivity index (χ2v) is 18.0. The molecule has 0 aliphatic rings. The van der Waals surface area contributed by atoms with Crippen molar-refractivity contribution in [2.24, 2.45) is 0 Å². The second kappa shape index (κ2) is 49.9. The Morgan fingerprint density at radius 1 is 0.551 bits per heavy atom. The van der Waals surface area contributed by atoms with Gasteiger partial charge >= 0.3 is 11.9 Å². The van der Waals surface area contributed by atoms with E-state index < -0.39 is 5.97 Å². The van der Waals surface area contributed by atoms with Gasteiger partial charge in [0.1, 0.15) is 0 Å². The van der Waals surface area contributed by atoms with Gasteiger partial charge in [0.05, 0.1) is 6.61 Å². The van der Waals surface area contributed by atoms with E-state index in [2.05, 4.69) is 71.0 Å². The zero-order chi connectivity index (χ0) is 36.9. The molecule has 49 heavy (non-hydrogen) atoms. The molecular weight excluding hydrogens is 687 g/mol. The van der Waals surface area contributed by atoms with Crippen LogP contribution in [0.1, 0.15) is 169 Å². The summed E-state index contributed by atoms with van der Waals surface area (Å²) in [5, 5.41) is 8.49. The van der Waals surface area contributed by atoms with Gasteiger partial charge in [0, 0.05) is 35.9 Å². The topological polar surface area (TPSA) is 66.8 Å². The molecule has 9 heteroatoms. The van der Waals surface area contributed by atoms with Crippen molar-refractivity contribution in [3.8, 4) is 0 Å². The molecule has 5 nitrogen and oxygen atoms in total.